The average Bonchev–Trinajstić information content (AvgIpc) is 2.80. The molecule has 0 atom stereocenters. The third-order valence-corrected chi connectivity index (χ3v) is 2.51. The minimum atomic E-state index is 0.0556. The molecule has 1 fully saturated rings. The lowest BCUT2D eigenvalue weighted by Crippen LogP contribution is -2.23. The van der Waals surface area contributed by atoms with Gasteiger partial charge < -0.3 is 4.98 Å². The van der Waals surface area contributed by atoms with Crippen molar-refractivity contribution < 1.29 is 0 Å². The quantitative estimate of drug-likeness (QED) is 0.778. The average molecular weight is 229 g/mol. The molecule has 2 rings (SSSR count). The molecule has 0 saturated carbocycles. The van der Waals surface area contributed by atoms with E-state index in [9.17, 15) is 0 Å². The molecule has 1 aliphatic heterocycles. The summed E-state index contributed by atoms with van der Waals surface area (Å²) in [5.74, 6) is 0.198. The number of hydrogen-bond donors (Lipinski definition) is 1. The topological polar surface area (TPSA) is 104 Å². The molecule has 0 radical (unpaired) electrons. The zero-order chi connectivity index (χ0) is 12.1. The maximum atomic E-state index is 8.72. The van der Waals surface area contributed by atoms with Crippen LogP contribution < -0.4 is 0 Å². The van der Waals surface area contributed by atoms with Gasteiger partial charge in [-0.25, -0.2) is 0 Å². The van der Waals surface area contributed by atoms with E-state index in [1.54, 1.807) is 0 Å². The van der Waals surface area contributed by atoms with Gasteiger partial charge in [-0.2, -0.15) is 15.5 Å². The van der Waals surface area contributed by atoms with Crippen molar-refractivity contribution in [1.29, 1.82) is 10.5 Å². The maximum absolute atomic E-state index is 8.72. The van der Waals surface area contributed by atoms with E-state index in [0.29, 0.717) is 0 Å². The van der Waals surface area contributed by atoms with Crippen molar-refractivity contribution in [3.05, 3.63) is 11.4 Å². The lowest BCUT2D eigenvalue weighted by Gasteiger charge is -2.21. The zero-order valence-corrected chi connectivity index (χ0v) is 9.22. The third kappa shape index (κ3) is 2.58. The first kappa shape index (κ1) is 11.1. The molecule has 0 aromatic carbocycles. The van der Waals surface area contributed by atoms with E-state index in [2.05, 4.69) is 20.3 Å². The Balaban J connectivity index is 2.08. The van der Waals surface area contributed by atoms with Crippen LogP contribution in [0.1, 0.15) is 30.7 Å². The summed E-state index contributed by atoms with van der Waals surface area (Å²) in [5.41, 5.74) is 0.181. The van der Waals surface area contributed by atoms with Crippen molar-refractivity contribution >= 4 is 5.95 Å². The number of aromatic nitrogens is 2. The van der Waals surface area contributed by atoms with E-state index in [1.807, 2.05) is 17.1 Å². The number of piperidine rings is 1. The van der Waals surface area contributed by atoms with Gasteiger partial charge in [-0.05, 0) is 19.3 Å². The van der Waals surface area contributed by atoms with Gasteiger partial charge in [0, 0.05) is 13.1 Å². The molecule has 1 N–H and O–H groups in total. The molecule has 1 aromatic heterocycles. The molecule has 1 saturated heterocycles. The molecule has 7 heteroatoms. The van der Waals surface area contributed by atoms with Gasteiger partial charge >= 0.3 is 0 Å². The van der Waals surface area contributed by atoms with Gasteiger partial charge in [0.15, 0.2) is 11.4 Å². The van der Waals surface area contributed by atoms with Crippen LogP contribution in [0.15, 0.2) is 10.3 Å². The lowest BCUT2D eigenvalue weighted by atomic mass is 10.2. The fourth-order valence-corrected chi connectivity index (χ4v) is 1.64. The van der Waals surface area contributed by atoms with Crippen LogP contribution in [0, 0.1) is 22.7 Å². The number of nitrogens with one attached hydrogen (secondary N) is 1. The fourth-order valence-electron chi connectivity index (χ4n) is 1.64. The monoisotopic (exact) mass is 229 g/mol. The molecule has 7 nitrogen and oxygen atoms in total. The highest BCUT2D eigenvalue weighted by molar-refractivity contribution is 5.40. The minimum Gasteiger partial charge on any atom is -0.312 e. The Morgan fingerprint density at radius 3 is 2.53 bits per heavy atom. The van der Waals surface area contributed by atoms with E-state index < -0.39 is 0 Å². The minimum absolute atomic E-state index is 0.0556. The summed E-state index contributed by atoms with van der Waals surface area (Å²) in [5, 5.41) is 27.2. The number of H-pyrrole nitrogens is 1. The molecule has 0 spiro atoms. The molecule has 0 unspecified atom stereocenters. The standard InChI is InChI=1S/C10H11N7/c11-6-8-9(7-12)14-10(13-8)15-16-17-4-2-1-3-5-17/h1-5H2,(H,13,14)/b16-15+. The second-order valence-corrected chi connectivity index (χ2v) is 3.71. The SMILES string of the molecule is N#Cc1nc(/N=N/N2CCCCC2)[nH]c1C#N. The van der Waals surface area contributed by atoms with Gasteiger partial charge in [0.25, 0.3) is 5.95 Å². The Morgan fingerprint density at radius 2 is 1.94 bits per heavy atom. The van der Waals surface area contributed by atoms with Crippen LogP contribution >= 0.6 is 0 Å². The summed E-state index contributed by atoms with van der Waals surface area (Å²) in [6, 6.07) is 3.67. The summed E-state index contributed by atoms with van der Waals surface area (Å²) in [6.07, 6.45) is 3.46. The lowest BCUT2D eigenvalue weighted by molar-refractivity contribution is 0.224. The van der Waals surface area contributed by atoms with Crippen LogP contribution in [0.2, 0.25) is 0 Å². The highest BCUT2D eigenvalue weighted by Gasteiger charge is 2.10. The predicted molar refractivity (Wildman–Crippen MR) is 58.0 cm³/mol. The van der Waals surface area contributed by atoms with Crippen molar-refractivity contribution in [2.45, 2.75) is 19.3 Å². The van der Waals surface area contributed by atoms with Crippen LogP contribution in [0.25, 0.3) is 0 Å². The summed E-state index contributed by atoms with van der Waals surface area (Å²) >= 11 is 0. The van der Waals surface area contributed by atoms with Gasteiger partial charge in [-0.1, -0.05) is 10.3 Å². The number of nitrogens with zero attached hydrogens (tertiary/aromatic N) is 6. The highest BCUT2D eigenvalue weighted by atomic mass is 15.5. The van der Waals surface area contributed by atoms with Gasteiger partial charge in [0.05, 0.1) is 0 Å². The largest absolute Gasteiger partial charge is 0.312 e. The Hall–Kier alpha value is -2.41. The third-order valence-electron chi connectivity index (χ3n) is 2.51. The van der Waals surface area contributed by atoms with E-state index >= 15 is 0 Å². The molecule has 0 bridgehead atoms. The van der Waals surface area contributed by atoms with Crippen LogP contribution in [-0.2, 0) is 0 Å². The summed E-state index contributed by atoms with van der Waals surface area (Å²) in [6.45, 7) is 1.78. The van der Waals surface area contributed by atoms with E-state index in [4.69, 9.17) is 10.5 Å². The van der Waals surface area contributed by atoms with Gasteiger partial charge in [-0.3, -0.25) is 5.01 Å². The van der Waals surface area contributed by atoms with Crippen LogP contribution in [0.4, 0.5) is 5.95 Å². The Labute approximate surface area is 98.4 Å². The normalized spacial score (nSPS) is 15.8. The maximum Gasteiger partial charge on any atom is 0.250 e. The molecular formula is C10H11N7. The molecule has 1 aromatic rings. The summed E-state index contributed by atoms with van der Waals surface area (Å²) < 4.78 is 0. The number of aromatic amines is 1. The smallest absolute Gasteiger partial charge is 0.250 e. The van der Waals surface area contributed by atoms with Crippen LogP contribution in [0.3, 0.4) is 0 Å². The van der Waals surface area contributed by atoms with Gasteiger partial charge in [0.1, 0.15) is 12.1 Å². The molecule has 17 heavy (non-hydrogen) atoms. The fraction of sp³-hybridized carbons (Fsp3) is 0.500. The molecule has 86 valence electrons. The van der Waals surface area contributed by atoms with Crippen molar-refractivity contribution in [2.24, 2.45) is 10.3 Å². The van der Waals surface area contributed by atoms with Crippen LogP contribution in [0.5, 0.6) is 0 Å². The van der Waals surface area contributed by atoms with E-state index in [-0.39, 0.29) is 17.3 Å². The number of rotatable bonds is 2. The Bertz CT molecular complexity index is 464. The van der Waals surface area contributed by atoms with Crippen molar-refractivity contribution in [1.82, 2.24) is 15.0 Å². The highest BCUT2D eigenvalue weighted by Crippen LogP contribution is 2.14. The molecule has 1 aliphatic rings. The Kier molecular flexibility index (Phi) is 3.31. The summed E-state index contributed by atoms with van der Waals surface area (Å²) in [7, 11) is 0. The van der Waals surface area contributed by atoms with Gasteiger partial charge in [0.2, 0.25) is 0 Å². The van der Waals surface area contributed by atoms with Gasteiger partial charge in [-0.15, -0.1) is 0 Å². The molecular weight excluding hydrogens is 218 g/mol. The second-order valence-electron chi connectivity index (χ2n) is 3.71. The van der Waals surface area contributed by atoms with E-state index in [0.717, 1.165) is 25.9 Å². The number of imidazole rings is 1. The summed E-state index contributed by atoms with van der Waals surface area (Å²) in [4.78, 5) is 6.50. The molecule has 0 amide bonds. The van der Waals surface area contributed by atoms with Crippen LogP contribution in [-0.4, -0.2) is 28.1 Å². The van der Waals surface area contributed by atoms with Crippen molar-refractivity contribution in [3.63, 3.8) is 0 Å². The first-order chi connectivity index (χ1) is 8.33. The number of hydrogen-bond acceptors (Lipinski definition) is 5. The predicted octanol–water partition coefficient (Wildman–Crippen LogP) is 1.64. The molecule has 0 aliphatic carbocycles. The first-order valence-corrected chi connectivity index (χ1v) is 5.40. The zero-order valence-electron chi connectivity index (χ0n) is 9.22. The van der Waals surface area contributed by atoms with E-state index in [1.165, 1.54) is 6.42 Å². The molecule has 2 heterocycles. The number of nitriles is 2. The first-order valence-electron chi connectivity index (χ1n) is 5.40. The van der Waals surface area contributed by atoms with Crippen molar-refractivity contribution in [3.8, 4) is 12.1 Å². The van der Waals surface area contributed by atoms with Crippen molar-refractivity contribution in [2.75, 3.05) is 13.1 Å². The second kappa shape index (κ2) is 5.08. The Morgan fingerprint density at radius 1 is 1.18 bits per heavy atom.